The summed E-state index contributed by atoms with van der Waals surface area (Å²) in [6, 6.07) is 5.51. The van der Waals surface area contributed by atoms with Crippen molar-refractivity contribution < 1.29 is 19.1 Å². The Morgan fingerprint density at radius 1 is 1.17 bits per heavy atom. The zero-order chi connectivity index (χ0) is 20.7. The van der Waals surface area contributed by atoms with E-state index >= 15 is 0 Å². The van der Waals surface area contributed by atoms with Gasteiger partial charge in [-0.25, -0.2) is 0 Å². The fourth-order valence-corrected chi connectivity index (χ4v) is 5.11. The number of ether oxygens (including phenoxy) is 1. The summed E-state index contributed by atoms with van der Waals surface area (Å²) in [5.41, 5.74) is 2.74. The molecule has 1 spiro atoms. The molecule has 1 aromatic rings. The van der Waals surface area contributed by atoms with Gasteiger partial charge in [-0.2, -0.15) is 0 Å². The fourth-order valence-electron chi connectivity index (χ4n) is 5.11. The Labute approximate surface area is 175 Å². The molecule has 0 bridgehead atoms. The first-order valence-corrected chi connectivity index (χ1v) is 10.9. The van der Waals surface area contributed by atoms with E-state index in [0.717, 1.165) is 63.3 Å². The highest BCUT2D eigenvalue weighted by molar-refractivity contribution is 6.05. The van der Waals surface area contributed by atoms with E-state index < -0.39 is 6.04 Å². The molecule has 8 nitrogen and oxygen atoms in total. The van der Waals surface area contributed by atoms with Gasteiger partial charge in [-0.3, -0.25) is 24.6 Å². The Bertz CT molecular complexity index is 870. The molecule has 1 atom stereocenters. The number of hydrogen-bond donors (Lipinski definition) is 2. The standard InChI is InChI=1S/C22H28N4O4/c27-19-4-3-18(20(28)24-19)26-13-16-2-1-15(11-17(16)21(26)29)12-25-8-5-22(6-9-25)14-23-7-10-30-22/h1-2,11,18,23H,3-10,12-14H2,(H,24,27,28). The predicted octanol–water partition coefficient (Wildman–Crippen LogP) is 0.402. The van der Waals surface area contributed by atoms with Gasteiger partial charge in [0.05, 0.1) is 12.2 Å². The number of hydrogen-bond acceptors (Lipinski definition) is 6. The molecule has 3 amide bonds. The molecule has 0 saturated carbocycles. The van der Waals surface area contributed by atoms with E-state index in [2.05, 4.69) is 21.6 Å². The Morgan fingerprint density at radius 2 is 2.00 bits per heavy atom. The van der Waals surface area contributed by atoms with Crippen LogP contribution in [0.4, 0.5) is 0 Å². The maximum Gasteiger partial charge on any atom is 0.255 e. The topological polar surface area (TPSA) is 91.0 Å². The van der Waals surface area contributed by atoms with Crippen LogP contribution in [0.5, 0.6) is 0 Å². The summed E-state index contributed by atoms with van der Waals surface area (Å²) < 4.78 is 6.07. The third-order valence-electron chi connectivity index (χ3n) is 6.90. The van der Waals surface area contributed by atoms with Crippen molar-refractivity contribution >= 4 is 17.7 Å². The minimum Gasteiger partial charge on any atom is -0.372 e. The molecule has 2 N–H and O–H groups in total. The minimum atomic E-state index is -0.562. The van der Waals surface area contributed by atoms with E-state index in [1.54, 1.807) is 4.90 Å². The lowest BCUT2D eigenvalue weighted by atomic mass is 9.90. The molecular weight excluding hydrogens is 384 g/mol. The number of piperidine rings is 2. The molecule has 30 heavy (non-hydrogen) atoms. The number of fused-ring (bicyclic) bond motifs is 1. The molecule has 4 heterocycles. The van der Waals surface area contributed by atoms with Crippen LogP contribution < -0.4 is 10.6 Å². The highest BCUT2D eigenvalue weighted by Gasteiger charge is 2.40. The SMILES string of the molecule is O=C1CCC(N2Cc3ccc(CN4CCC5(CC4)CNCCO5)cc3C2=O)C(=O)N1. The first-order valence-electron chi connectivity index (χ1n) is 10.9. The van der Waals surface area contributed by atoms with Gasteiger partial charge in [0.15, 0.2) is 0 Å². The normalized spacial score (nSPS) is 26.7. The Morgan fingerprint density at radius 3 is 2.73 bits per heavy atom. The largest absolute Gasteiger partial charge is 0.372 e. The second-order valence-corrected chi connectivity index (χ2v) is 8.88. The van der Waals surface area contributed by atoms with Crippen LogP contribution in [0.1, 0.15) is 47.2 Å². The van der Waals surface area contributed by atoms with E-state index in [1.807, 2.05) is 12.1 Å². The van der Waals surface area contributed by atoms with Crippen LogP contribution in [0.15, 0.2) is 18.2 Å². The van der Waals surface area contributed by atoms with Gasteiger partial charge in [-0.05, 0) is 36.5 Å². The number of benzene rings is 1. The monoisotopic (exact) mass is 412 g/mol. The van der Waals surface area contributed by atoms with Gasteiger partial charge in [-0.1, -0.05) is 12.1 Å². The smallest absolute Gasteiger partial charge is 0.255 e. The molecule has 3 saturated heterocycles. The number of nitrogens with zero attached hydrogens (tertiary/aromatic N) is 2. The zero-order valence-electron chi connectivity index (χ0n) is 17.1. The van der Waals surface area contributed by atoms with E-state index in [-0.39, 0.29) is 29.7 Å². The van der Waals surface area contributed by atoms with Crippen LogP contribution in [-0.4, -0.2) is 72.0 Å². The molecule has 5 rings (SSSR count). The van der Waals surface area contributed by atoms with Crippen molar-refractivity contribution in [3.63, 3.8) is 0 Å². The van der Waals surface area contributed by atoms with Gasteiger partial charge < -0.3 is 15.0 Å². The number of morpholine rings is 1. The summed E-state index contributed by atoms with van der Waals surface area (Å²) in [5.74, 6) is -0.740. The highest BCUT2D eigenvalue weighted by Crippen LogP contribution is 2.30. The second-order valence-electron chi connectivity index (χ2n) is 8.88. The maximum absolute atomic E-state index is 13.0. The number of amides is 3. The fraction of sp³-hybridized carbons (Fsp3) is 0.591. The number of rotatable bonds is 3. The minimum absolute atomic E-state index is 0.00882. The number of likely N-dealkylation sites (tertiary alicyclic amines) is 1. The van der Waals surface area contributed by atoms with Crippen molar-refractivity contribution in [1.29, 1.82) is 0 Å². The van der Waals surface area contributed by atoms with Gasteiger partial charge in [0.2, 0.25) is 11.8 Å². The van der Waals surface area contributed by atoms with Gasteiger partial charge in [0.25, 0.3) is 5.91 Å². The van der Waals surface area contributed by atoms with E-state index in [1.165, 1.54) is 0 Å². The summed E-state index contributed by atoms with van der Waals surface area (Å²) in [5, 5.41) is 5.80. The summed E-state index contributed by atoms with van der Waals surface area (Å²) >= 11 is 0. The van der Waals surface area contributed by atoms with Crippen molar-refractivity contribution in [2.45, 2.75) is 50.4 Å². The predicted molar refractivity (Wildman–Crippen MR) is 109 cm³/mol. The first-order chi connectivity index (χ1) is 14.5. The van der Waals surface area contributed by atoms with Gasteiger partial charge in [0.1, 0.15) is 6.04 Å². The Kier molecular flexibility index (Phi) is 5.08. The zero-order valence-corrected chi connectivity index (χ0v) is 17.1. The third kappa shape index (κ3) is 3.64. The number of carbonyl (C=O) groups is 3. The summed E-state index contributed by atoms with van der Waals surface area (Å²) in [7, 11) is 0. The van der Waals surface area contributed by atoms with Crippen molar-refractivity contribution in [3.8, 4) is 0 Å². The Hall–Kier alpha value is -2.29. The Balaban J connectivity index is 1.23. The molecule has 0 radical (unpaired) electrons. The van der Waals surface area contributed by atoms with Gasteiger partial charge in [0, 0.05) is 51.3 Å². The maximum atomic E-state index is 13.0. The second kappa shape index (κ2) is 7.76. The average molecular weight is 412 g/mol. The molecule has 4 aliphatic rings. The molecule has 1 unspecified atom stereocenters. The molecule has 4 aliphatic heterocycles. The van der Waals surface area contributed by atoms with Crippen molar-refractivity contribution in [1.82, 2.24) is 20.4 Å². The number of imide groups is 1. The van der Waals surface area contributed by atoms with Crippen molar-refractivity contribution in [2.24, 2.45) is 0 Å². The molecule has 160 valence electrons. The van der Waals surface area contributed by atoms with Gasteiger partial charge >= 0.3 is 0 Å². The number of nitrogens with one attached hydrogen (secondary N) is 2. The highest BCUT2D eigenvalue weighted by atomic mass is 16.5. The summed E-state index contributed by atoms with van der Waals surface area (Å²) in [6.07, 6.45) is 2.71. The molecule has 0 aromatic heterocycles. The molecule has 3 fully saturated rings. The van der Waals surface area contributed by atoms with Crippen LogP contribution in [0.25, 0.3) is 0 Å². The van der Waals surface area contributed by atoms with E-state index in [9.17, 15) is 14.4 Å². The quantitative estimate of drug-likeness (QED) is 0.699. The molecule has 0 aliphatic carbocycles. The first kappa shape index (κ1) is 19.7. The van der Waals surface area contributed by atoms with Crippen LogP contribution in [0, 0.1) is 0 Å². The lowest BCUT2D eigenvalue weighted by molar-refractivity contribution is -0.136. The average Bonchev–Trinajstić information content (AvgIpc) is 3.07. The molecule has 8 heteroatoms. The lowest BCUT2D eigenvalue weighted by Gasteiger charge is -2.44. The van der Waals surface area contributed by atoms with Gasteiger partial charge in [-0.15, -0.1) is 0 Å². The summed E-state index contributed by atoms with van der Waals surface area (Å²) in [6.45, 7) is 5.86. The summed E-state index contributed by atoms with van der Waals surface area (Å²) in [4.78, 5) is 40.6. The van der Waals surface area contributed by atoms with E-state index in [0.29, 0.717) is 18.5 Å². The lowest BCUT2D eigenvalue weighted by Crippen LogP contribution is -2.55. The van der Waals surface area contributed by atoms with Crippen molar-refractivity contribution in [2.75, 3.05) is 32.8 Å². The van der Waals surface area contributed by atoms with Crippen molar-refractivity contribution in [3.05, 3.63) is 34.9 Å². The van der Waals surface area contributed by atoms with Crippen LogP contribution >= 0.6 is 0 Å². The number of carbonyl (C=O) groups excluding carboxylic acids is 3. The molecular formula is C22H28N4O4. The van der Waals surface area contributed by atoms with E-state index in [4.69, 9.17) is 4.74 Å². The molecule has 1 aromatic carbocycles. The third-order valence-corrected chi connectivity index (χ3v) is 6.90. The van der Waals surface area contributed by atoms with Crippen LogP contribution in [0.2, 0.25) is 0 Å². The van der Waals surface area contributed by atoms with Crippen LogP contribution in [0.3, 0.4) is 0 Å². The van der Waals surface area contributed by atoms with Crippen LogP contribution in [-0.2, 0) is 27.4 Å².